The van der Waals surface area contributed by atoms with Crippen molar-refractivity contribution in [2.45, 2.75) is 71.3 Å². The van der Waals surface area contributed by atoms with E-state index >= 15 is 0 Å². The molecule has 0 aliphatic heterocycles. The van der Waals surface area contributed by atoms with Crippen LogP contribution in [0.3, 0.4) is 0 Å². The van der Waals surface area contributed by atoms with Crippen molar-refractivity contribution < 1.29 is 28.6 Å². The van der Waals surface area contributed by atoms with Gasteiger partial charge in [-0.15, -0.1) is 0 Å². The number of aliphatic carboxylic acids is 1. The van der Waals surface area contributed by atoms with Crippen LogP contribution in [0, 0.1) is 18.8 Å². The van der Waals surface area contributed by atoms with E-state index in [1.165, 1.54) is 0 Å². The van der Waals surface area contributed by atoms with Crippen molar-refractivity contribution >= 4 is 28.8 Å². The molecule has 1 aromatic carbocycles. The van der Waals surface area contributed by atoms with Gasteiger partial charge in [0.1, 0.15) is 17.4 Å². The molecular weight excluding hydrogens is 464 g/mol. The average Bonchev–Trinajstić information content (AvgIpc) is 2.86. The second-order valence-electron chi connectivity index (χ2n) is 9.56. The predicted molar refractivity (Wildman–Crippen MR) is 135 cm³/mol. The largest absolute Gasteiger partial charge is 0.497 e. The van der Waals surface area contributed by atoms with Crippen molar-refractivity contribution in [3.05, 3.63) is 39.7 Å². The summed E-state index contributed by atoms with van der Waals surface area (Å²) in [4.78, 5) is 48.7. The molecule has 0 unspecified atom stereocenters. The zero-order chi connectivity index (χ0) is 26.2. The normalized spacial score (nSPS) is 18.4. The topological polar surface area (TPSA) is 135 Å². The number of hydrogen-bond donors (Lipinski definition) is 3. The van der Waals surface area contributed by atoms with E-state index in [0.717, 1.165) is 23.8 Å². The first-order valence-electron chi connectivity index (χ1n) is 12.6. The van der Waals surface area contributed by atoms with Gasteiger partial charge in [0.15, 0.2) is 0 Å². The third-order valence-electron chi connectivity index (χ3n) is 7.09. The van der Waals surface area contributed by atoms with Crippen LogP contribution in [0.4, 0.5) is 0 Å². The van der Waals surface area contributed by atoms with Crippen LogP contribution in [-0.4, -0.2) is 42.6 Å². The summed E-state index contributed by atoms with van der Waals surface area (Å²) in [7, 11) is 1.55. The number of fused-ring (bicyclic) bond motifs is 1. The Morgan fingerprint density at radius 1 is 1.19 bits per heavy atom. The molecule has 0 saturated heterocycles. The van der Waals surface area contributed by atoms with Gasteiger partial charge < -0.3 is 24.9 Å². The van der Waals surface area contributed by atoms with E-state index in [1.54, 1.807) is 19.2 Å². The summed E-state index contributed by atoms with van der Waals surface area (Å²) in [6, 6.07) is 4.49. The fourth-order valence-corrected chi connectivity index (χ4v) is 4.84. The highest BCUT2D eigenvalue weighted by Gasteiger charge is 2.29. The van der Waals surface area contributed by atoms with E-state index < -0.39 is 17.6 Å². The third kappa shape index (κ3) is 6.86. The van der Waals surface area contributed by atoms with E-state index in [0.29, 0.717) is 49.1 Å². The lowest BCUT2D eigenvalue weighted by molar-refractivity contribution is -0.142. The lowest BCUT2D eigenvalue weighted by Crippen LogP contribution is -2.44. The summed E-state index contributed by atoms with van der Waals surface area (Å²) < 4.78 is 10.6. The lowest BCUT2D eigenvalue weighted by Gasteiger charge is -2.28. The van der Waals surface area contributed by atoms with Crippen molar-refractivity contribution in [2.75, 3.05) is 13.7 Å². The second kappa shape index (κ2) is 12.6. The maximum atomic E-state index is 12.5. The number of amides is 2. The molecule has 3 rings (SSSR count). The predicted octanol–water partition coefficient (Wildman–Crippen LogP) is 3.33. The molecule has 0 radical (unpaired) electrons. The molecule has 9 nitrogen and oxygen atoms in total. The van der Waals surface area contributed by atoms with Gasteiger partial charge in [0.05, 0.1) is 7.11 Å². The Bertz CT molecular complexity index is 1150. The number of hydrogen-bond acceptors (Lipinski definition) is 6. The maximum absolute atomic E-state index is 12.5. The van der Waals surface area contributed by atoms with Crippen LogP contribution >= 0.6 is 0 Å². The van der Waals surface area contributed by atoms with Gasteiger partial charge in [-0.3, -0.25) is 9.59 Å². The van der Waals surface area contributed by atoms with Crippen LogP contribution in [0.25, 0.3) is 11.0 Å². The summed E-state index contributed by atoms with van der Waals surface area (Å²) in [5.41, 5.74) is 1.31. The molecule has 9 heteroatoms. The van der Waals surface area contributed by atoms with Crippen LogP contribution in [0.1, 0.15) is 63.0 Å². The van der Waals surface area contributed by atoms with Gasteiger partial charge in [0, 0.05) is 35.9 Å². The first-order chi connectivity index (χ1) is 17.2. The summed E-state index contributed by atoms with van der Waals surface area (Å²) in [6.07, 6.45) is 4.50. The summed E-state index contributed by atoms with van der Waals surface area (Å²) in [5, 5.41) is 15.7. The Balaban J connectivity index is 1.45. The average molecular weight is 501 g/mol. The number of nitrogens with one attached hydrogen (secondary N) is 2. The van der Waals surface area contributed by atoms with Gasteiger partial charge in [-0.05, 0) is 69.1 Å². The van der Waals surface area contributed by atoms with Gasteiger partial charge in [-0.25, -0.2) is 9.59 Å². The molecule has 36 heavy (non-hydrogen) atoms. The van der Waals surface area contributed by atoms with E-state index in [9.17, 15) is 24.3 Å². The number of carboxylic acid groups (broad SMARTS) is 1. The van der Waals surface area contributed by atoms with Crippen LogP contribution in [-0.2, 0) is 20.8 Å². The zero-order valence-corrected chi connectivity index (χ0v) is 21.2. The second-order valence-corrected chi connectivity index (χ2v) is 9.56. The van der Waals surface area contributed by atoms with E-state index in [4.69, 9.17) is 9.15 Å². The molecule has 3 N–H and O–H groups in total. The standard InChI is InChI=1S/C27H36N2O7/c1-4-5-22(26(32)33)29-25(31)18-8-6-17(7-9-18)15-28-24(30)13-12-21-16(2)20-11-10-19(35-3)14-23(20)36-27(21)34/h10-11,14,17-18,22H,4-9,12-13,15H2,1-3H3,(H,28,30)(H,29,31)(H,32,33)/t17?,18?,22-/m1/s1. The van der Waals surface area contributed by atoms with Crippen LogP contribution < -0.4 is 21.0 Å². The Labute approximate surface area is 210 Å². The lowest BCUT2D eigenvalue weighted by atomic mass is 9.81. The number of rotatable bonds is 11. The smallest absolute Gasteiger partial charge is 0.339 e. The molecule has 0 spiro atoms. The summed E-state index contributed by atoms with van der Waals surface area (Å²) >= 11 is 0. The Hall–Kier alpha value is -3.36. The number of ether oxygens (including phenoxy) is 1. The number of carboxylic acids is 1. The monoisotopic (exact) mass is 500 g/mol. The fourth-order valence-electron chi connectivity index (χ4n) is 4.84. The minimum absolute atomic E-state index is 0.132. The van der Waals surface area contributed by atoms with Gasteiger partial charge in [0.2, 0.25) is 11.8 Å². The minimum Gasteiger partial charge on any atom is -0.497 e. The van der Waals surface area contributed by atoms with Crippen molar-refractivity contribution in [3.63, 3.8) is 0 Å². The Kier molecular flexibility index (Phi) is 9.50. The molecule has 1 saturated carbocycles. The van der Waals surface area contributed by atoms with Crippen molar-refractivity contribution in [1.29, 1.82) is 0 Å². The van der Waals surface area contributed by atoms with Crippen molar-refractivity contribution in [1.82, 2.24) is 10.6 Å². The maximum Gasteiger partial charge on any atom is 0.339 e. The molecule has 2 amide bonds. The molecule has 1 fully saturated rings. The highest BCUT2D eigenvalue weighted by molar-refractivity contribution is 5.85. The minimum atomic E-state index is -1.00. The molecule has 0 bridgehead atoms. The number of benzene rings is 1. The number of methoxy groups -OCH3 is 1. The van der Waals surface area contributed by atoms with Gasteiger partial charge in [-0.2, -0.15) is 0 Å². The van der Waals surface area contributed by atoms with Gasteiger partial charge in [0.25, 0.3) is 0 Å². The first kappa shape index (κ1) is 27.2. The molecule has 196 valence electrons. The van der Waals surface area contributed by atoms with E-state index in [-0.39, 0.29) is 36.5 Å². The van der Waals surface area contributed by atoms with Crippen molar-refractivity contribution in [2.24, 2.45) is 11.8 Å². The molecule has 2 aromatic rings. The zero-order valence-electron chi connectivity index (χ0n) is 21.2. The molecule has 1 aliphatic rings. The van der Waals surface area contributed by atoms with Gasteiger partial charge in [-0.1, -0.05) is 13.3 Å². The van der Waals surface area contributed by atoms with Gasteiger partial charge >= 0.3 is 11.6 Å². The molecule has 1 aromatic heterocycles. The number of aryl methyl sites for hydroxylation is 1. The fraction of sp³-hybridized carbons (Fsp3) is 0.556. The third-order valence-corrected chi connectivity index (χ3v) is 7.09. The molecule has 1 aliphatic carbocycles. The summed E-state index contributed by atoms with van der Waals surface area (Å²) in [5.74, 6) is -0.642. The van der Waals surface area contributed by atoms with E-state index in [2.05, 4.69) is 10.6 Å². The first-order valence-corrected chi connectivity index (χ1v) is 12.6. The van der Waals surface area contributed by atoms with Crippen molar-refractivity contribution in [3.8, 4) is 5.75 Å². The molecule has 1 heterocycles. The molecule has 1 atom stereocenters. The van der Waals surface area contributed by atoms with Crippen LogP contribution in [0.15, 0.2) is 27.4 Å². The highest BCUT2D eigenvalue weighted by atomic mass is 16.5. The Morgan fingerprint density at radius 2 is 1.92 bits per heavy atom. The van der Waals surface area contributed by atoms with Crippen LogP contribution in [0.5, 0.6) is 5.75 Å². The quantitative estimate of drug-likeness (QED) is 0.403. The molecular formula is C27H36N2O7. The Morgan fingerprint density at radius 3 is 2.56 bits per heavy atom. The number of carbonyl (C=O) groups excluding carboxylic acids is 2. The SMILES string of the molecule is CCC[C@@H](NC(=O)C1CCC(CNC(=O)CCc2c(C)c3ccc(OC)cc3oc2=O)CC1)C(=O)O. The highest BCUT2D eigenvalue weighted by Crippen LogP contribution is 2.29. The van der Waals surface area contributed by atoms with E-state index in [1.807, 2.05) is 19.9 Å². The summed E-state index contributed by atoms with van der Waals surface area (Å²) in [6.45, 7) is 4.26. The number of carbonyl (C=O) groups is 3. The van der Waals surface area contributed by atoms with Crippen LogP contribution in [0.2, 0.25) is 0 Å².